The number of esters is 2. The van der Waals surface area contributed by atoms with Crippen molar-refractivity contribution in [3.63, 3.8) is 0 Å². The monoisotopic (exact) mass is 452 g/mol. The average molecular weight is 453 g/mol. The highest BCUT2D eigenvalue weighted by atomic mass is 16.5. The van der Waals surface area contributed by atoms with Gasteiger partial charge in [-0.05, 0) is 31.6 Å². The van der Waals surface area contributed by atoms with Gasteiger partial charge in [0.2, 0.25) is 0 Å². The van der Waals surface area contributed by atoms with Crippen LogP contribution in [-0.4, -0.2) is 25.2 Å². The Morgan fingerprint density at radius 3 is 1.22 bits per heavy atom. The molecule has 0 radical (unpaired) electrons. The lowest BCUT2D eigenvalue weighted by molar-refractivity contribution is -0.159. The molecule has 4 heteroatoms. The maximum Gasteiger partial charge on any atom is 0.309 e. The molecule has 2 atom stereocenters. The number of rotatable bonds is 20. The van der Waals surface area contributed by atoms with E-state index in [4.69, 9.17) is 9.47 Å². The molecule has 0 bridgehead atoms. The topological polar surface area (TPSA) is 52.6 Å². The zero-order valence-corrected chi connectivity index (χ0v) is 21.5. The minimum Gasteiger partial charge on any atom is -0.465 e. The molecule has 0 spiro atoms. The van der Waals surface area contributed by atoms with Crippen molar-refractivity contribution in [1.82, 2.24) is 0 Å². The van der Waals surface area contributed by atoms with Crippen LogP contribution in [0, 0.1) is 17.8 Å². The number of unbranched alkanes of at least 4 members (excludes halogenated alkanes) is 14. The molecule has 1 aliphatic rings. The highest BCUT2D eigenvalue weighted by molar-refractivity contribution is 5.82. The Bertz CT molecular complexity index is 434. The van der Waals surface area contributed by atoms with Gasteiger partial charge in [0, 0.05) is 0 Å². The molecule has 0 aromatic carbocycles. The van der Waals surface area contributed by atoms with Gasteiger partial charge in [-0.3, -0.25) is 9.59 Å². The van der Waals surface area contributed by atoms with E-state index in [0.717, 1.165) is 38.5 Å². The van der Waals surface area contributed by atoms with E-state index in [0.29, 0.717) is 19.1 Å². The smallest absolute Gasteiger partial charge is 0.309 e. The van der Waals surface area contributed by atoms with Gasteiger partial charge in [0.05, 0.1) is 25.0 Å². The first-order valence-corrected chi connectivity index (χ1v) is 13.9. The molecule has 1 rings (SSSR count). The van der Waals surface area contributed by atoms with Crippen LogP contribution in [0.2, 0.25) is 0 Å². The standard InChI is InChI=1S/C28H52O4/c1-4-6-8-10-12-14-16-18-20-31-27(29)25-22-24(3)23-26(25)28(30)32-21-19-17-15-13-11-9-7-5-2/h24-26H,4-23H2,1-3H3. The summed E-state index contributed by atoms with van der Waals surface area (Å²) in [4.78, 5) is 25.2. The number of carbonyl (C=O) groups excluding carboxylic acids is 2. The van der Waals surface area contributed by atoms with E-state index in [1.165, 1.54) is 77.0 Å². The summed E-state index contributed by atoms with van der Waals surface area (Å²) in [5.74, 6) is -0.635. The molecular weight excluding hydrogens is 400 g/mol. The Morgan fingerprint density at radius 2 is 0.875 bits per heavy atom. The van der Waals surface area contributed by atoms with Crippen molar-refractivity contribution < 1.29 is 19.1 Å². The molecule has 0 saturated heterocycles. The zero-order chi connectivity index (χ0) is 23.4. The lowest BCUT2D eigenvalue weighted by atomic mass is 9.96. The summed E-state index contributed by atoms with van der Waals surface area (Å²) in [5.41, 5.74) is 0. The molecule has 1 fully saturated rings. The van der Waals surface area contributed by atoms with Gasteiger partial charge >= 0.3 is 11.9 Å². The molecule has 0 heterocycles. The molecule has 188 valence electrons. The first kappa shape index (κ1) is 29.0. The van der Waals surface area contributed by atoms with Crippen LogP contribution in [0.4, 0.5) is 0 Å². The van der Waals surface area contributed by atoms with Gasteiger partial charge in [0.15, 0.2) is 0 Å². The van der Waals surface area contributed by atoms with Crippen LogP contribution in [-0.2, 0) is 19.1 Å². The van der Waals surface area contributed by atoms with Crippen LogP contribution in [0.3, 0.4) is 0 Å². The summed E-state index contributed by atoms with van der Waals surface area (Å²) in [7, 11) is 0. The Labute approximate surface area is 198 Å². The highest BCUT2D eigenvalue weighted by Crippen LogP contribution is 2.38. The lowest BCUT2D eigenvalue weighted by Crippen LogP contribution is -2.29. The quantitative estimate of drug-likeness (QED) is 0.139. The molecule has 0 N–H and O–H groups in total. The predicted molar refractivity (Wildman–Crippen MR) is 133 cm³/mol. The third kappa shape index (κ3) is 13.5. The van der Waals surface area contributed by atoms with Crippen molar-refractivity contribution >= 4 is 11.9 Å². The first-order valence-electron chi connectivity index (χ1n) is 13.9. The van der Waals surface area contributed by atoms with E-state index in [9.17, 15) is 9.59 Å². The maximum atomic E-state index is 12.6. The molecule has 4 nitrogen and oxygen atoms in total. The summed E-state index contributed by atoms with van der Waals surface area (Å²) in [6.07, 6.45) is 21.1. The van der Waals surface area contributed by atoms with Crippen LogP contribution in [0.5, 0.6) is 0 Å². The van der Waals surface area contributed by atoms with Crippen LogP contribution >= 0.6 is 0 Å². The summed E-state index contributed by atoms with van der Waals surface area (Å²) in [6, 6.07) is 0. The van der Waals surface area contributed by atoms with Crippen molar-refractivity contribution in [2.75, 3.05) is 13.2 Å². The Kier molecular flexibility index (Phi) is 17.6. The van der Waals surface area contributed by atoms with Gasteiger partial charge in [-0.25, -0.2) is 0 Å². The van der Waals surface area contributed by atoms with E-state index >= 15 is 0 Å². The second kappa shape index (κ2) is 19.4. The average Bonchev–Trinajstić information content (AvgIpc) is 3.18. The minimum atomic E-state index is -0.315. The van der Waals surface area contributed by atoms with Gasteiger partial charge in [-0.2, -0.15) is 0 Å². The van der Waals surface area contributed by atoms with Crippen LogP contribution in [0.1, 0.15) is 136 Å². The fourth-order valence-electron chi connectivity index (χ4n) is 4.84. The number of hydrogen-bond acceptors (Lipinski definition) is 4. The maximum absolute atomic E-state index is 12.6. The van der Waals surface area contributed by atoms with E-state index in [-0.39, 0.29) is 23.8 Å². The lowest BCUT2D eigenvalue weighted by Gasteiger charge is -2.17. The second-order valence-corrected chi connectivity index (χ2v) is 10.1. The van der Waals surface area contributed by atoms with E-state index in [1.807, 2.05) is 0 Å². The predicted octanol–water partition coefficient (Wildman–Crippen LogP) is 8.02. The molecule has 0 aromatic rings. The first-order chi connectivity index (χ1) is 15.6. The fraction of sp³-hybridized carbons (Fsp3) is 0.929. The summed E-state index contributed by atoms with van der Waals surface area (Å²) in [6.45, 7) is 7.56. The Balaban J connectivity index is 2.15. The molecule has 0 amide bonds. The van der Waals surface area contributed by atoms with Crippen LogP contribution in [0.15, 0.2) is 0 Å². The number of carbonyl (C=O) groups is 2. The molecule has 0 aromatic heterocycles. The van der Waals surface area contributed by atoms with Gasteiger partial charge < -0.3 is 9.47 Å². The second-order valence-electron chi connectivity index (χ2n) is 10.1. The molecule has 1 saturated carbocycles. The molecule has 0 aliphatic heterocycles. The molecular formula is C28H52O4. The van der Waals surface area contributed by atoms with Crippen molar-refractivity contribution in [3.8, 4) is 0 Å². The summed E-state index contributed by atoms with van der Waals surface area (Å²) >= 11 is 0. The van der Waals surface area contributed by atoms with Crippen LogP contribution in [0.25, 0.3) is 0 Å². The van der Waals surface area contributed by atoms with Crippen molar-refractivity contribution in [1.29, 1.82) is 0 Å². The fourth-order valence-corrected chi connectivity index (χ4v) is 4.84. The van der Waals surface area contributed by atoms with Gasteiger partial charge in [-0.15, -0.1) is 0 Å². The largest absolute Gasteiger partial charge is 0.465 e. The third-order valence-electron chi connectivity index (χ3n) is 6.89. The SMILES string of the molecule is CCCCCCCCCCOC(=O)C1CC(C)CC1C(=O)OCCCCCCCCCC. The zero-order valence-electron chi connectivity index (χ0n) is 21.5. The summed E-state index contributed by atoms with van der Waals surface area (Å²) in [5, 5.41) is 0. The minimum absolute atomic E-state index is 0.189. The van der Waals surface area contributed by atoms with Crippen molar-refractivity contribution in [2.45, 2.75) is 136 Å². The van der Waals surface area contributed by atoms with E-state index in [2.05, 4.69) is 20.8 Å². The van der Waals surface area contributed by atoms with E-state index < -0.39 is 0 Å². The Hall–Kier alpha value is -1.06. The van der Waals surface area contributed by atoms with E-state index in [1.54, 1.807) is 0 Å². The number of hydrogen-bond donors (Lipinski definition) is 0. The highest BCUT2D eigenvalue weighted by Gasteiger charge is 2.43. The van der Waals surface area contributed by atoms with Crippen LogP contribution < -0.4 is 0 Å². The van der Waals surface area contributed by atoms with Gasteiger partial charge in [0.1, 0.15) is 0 Å². The molecule has 2 unspecified atom stereocenters. The number of ether oxygens (including phenoxy) is 2. The molecule has 1 aliphatic carbocycles. The Morgan fingerprint density at radius 1 is 0.562 bits per heavy atom. The van der Waals surface area contributed by atoms with Gasteiger partial charge in [0.25, 0.3) is 0 Å². The van der Waals surface area contributed by atoms with Gasteiger partial charge in [-0.1, -0.05) is 111 Å². The van der Waals surface area contributed by atoms with Crippen molar-refractivity contribution in [3.05, 3.63) is 0 Å². The molecule has 32 heavy (non-hydrogen) atoms. The third-order valence-corrected chi connectivity index (χ3v) is 6.89. The normalized spacial score (nSPS) is 20.4. The summed E-state index contributed by atoms with van der Waals surface area (Å²) < 4.78 is 11.1. The van der Waals surface area contributed by atoms with Crippen molar-refractivity contribution in [2.24, 2.45) is 17.8 Å².